The lowest BCUT2D eigenvalue weighted by atomic mass is 10.3. The molecule has 2 aromatic rings. The van der Waals surface area contributed by atoms with Gasteiger partial charge < -0.3 is 0 Å². The molecule has 0 saturated carbocycles. The zero-order valence-corrected chi connectivity index (χ0v) is 14.6. The molecule has 0 fully saturated rings. The number of rotatable bonds is 4. The van der Waals surface area contributed by atoms with Crippen molar-refractivity contribution in [1.82, 2.24) is 0 Å². The van der Waals surface area contributed by atoms with Crippen LogP contribution in [-0.2, 0) is 10.0 Å². The highest BCUT2D eigenvalue weighted by atomic mass is 79.9. The number of anilines is 1. The molecule has 0 unspecified atom stereocenters. The molecule has 0 aliphatic heterocycles. The second kappa shape index (κ2) is 6.09. The van der Waals surface area contributed by atoms with Crippen molar-refractivity contribution in [2.45, 2.75) is 4.21 Å². The minimum atomic E-state index is -4.00. The van der Waals surface area contributed by atoms with Gasteiger partial charge in [-0.05, 0) is 28.1 Å². The van der Waals surface area contributed by atoms with E-state index in [-0.39, 0.29) is 14.2 Å². The minimum absolute atomic E-state index is 0.203. The van der Waals surface area contributed by atoms with E-state index in [1.807, 2.05) is 0 Å². The Hall–Kier alpha value is -0.870. The molecule has 1 heterocycles. The molecule has 1 N–H and O–H groups in total. The van der Waals surface area contributed by atoms with Gasteiger partial charge >= 0.3 is 0 Å². The van der Waals surface area contributed by atoms with E-state index in [1.165, 1.54) is 6.07 Å². The summed E-state index contributed by atoms with van der Waals surface area (Å²) in [6, 6.07) is 5.55. The molecular weight excluding hydrogens is 427 g/mol. The van der Waals surface area contributed by atoms with Crippen LogP contribution in [-0.4, -0.2) is 13.3 Å². The van der Waals surface area contributed by atoms with Crippen LogP contribution in [0.1, 0.15) is 0 Å². The summed E-state index contributed by atoms with van der Waals surface area (Å²) in [6.07, 6.45) is 0. The Morgan fingerprint density at radius 1 is 1.33 bits per heavy atom. The van der Waals surface area contributed by atoms with E-state index in [4.69, 9.17) is 23.2 Å². The first-order chi connectivity index (χ1) is 9.72. The normalized spacial score (nSPS) is 11.4. The third-order valence-electron chi connectivity index (χ3n) is 2.30. The highest BCUT2D eigenvalue weighted by Gasteiger charge is 2.26. The summed E-state index contributed by atoms with van der Waals surface area (Å²) in [5.41, 5.74) is -0.234. The van der Waals surface area contributed by atoms with Crippen LogP contribution in [0.5, 0.6) is 0 Å². The second-order valence-corrected chi connectivity index (χ2v) is 8.45. The fraction of sp³-hybridized carbons (Fsp3) is 0. The zero-order valence-electron chi connectivity index (χ0n) is 9.84. The Kier molecular flexibility index (Phi) is 4.79. The Labute approximate surface area is 142 Å². The third kappa shape index (κ3) is 3.49. The second-order valence-electron chi connectivity index (χ2n) is 3.69. The number of halogens is 3. The smallest absolute Gasteiger partial charge is 0.278 e. The van der Waals surface area contributed by atoms with Gasteiger partial charge in [0.15, 0.2) is 4.34 Å². The number of nitrogens with one attached hydrogen (secondary N) is 1. The van der Waals surface area contributed by atoms with E-state index in [1.54, 1.807) is 12.1 Å². The molecular formula is C10H5BrCl2N2O4S2. The van der Waals surface area contributed by atoms with Crippen molar-refractivity contribution >= 4 is 71.9 Å². The number of nitro groups is 1. The lowest BCUT2D eigenvalue weighted by molar-refractivity contribution is -0.384. The molecule has 0 bridgehead atoms. The van der Waals surface area contributed by atoms with Gasteiger partial charge in [0.05, 0.1) is 20.1 Å². The third-order valence-corrected chi connectivity index (χ3v) is 6.88. The van der Waals surface area contributed by atoms with E-state index in [2.05, 4.69) is 20.7 Å². The van der Waals surface area contributed by atoms with E-state index >= 15 is 0 Å². The molecule has 0 saturated heterocycles. The van der Waals surface area contributed by atoms with Crippen LogP contribution in [0.4, 0.5) is 11.4 Å². The maximum absolute atomic E-state index is 12.2. The molecule has 0 spiro atoms. The van der Waals surface area contributed by atoms with E-state index in [9.17, 15) is 18.5 Å². The van der Waals surface area contributed by atoms with Gasteiger partial charge in [-0.3, -0.25) is 14.8 Å². The summed E-state index contributed by atoms with van der Waals surface area (Å²) < 4.78 is 26.6. The standard InChI is InChI=1S/C10H5BrCl2N2O4S2/c11-9-5(12)2-1-3-6(9)14-21(18,19)8-4-7(15(16)17)10(13)20-8/h1-4,14H. The van der Waals surface area contributed by atoms with E-state index in [0.29, 0.717) is 20.8 Å². The molecule has 112 valence electrons. The zero-order chi connectivity index (χ0) is 15.8. The maximum Gasteiger partial charge on any atom is 0.300 e. The van der Waals surface area contributed by atoms with Crippen molar-refractivity contribution in [2.75, 3.05) is 4.72 Å². The summed E-state index contributed by atoms with van der Waals surface area (Å²) in [5, 5.41) is 11.0. The maximum atomic E-state index is 12.2. The van der Waals surface area contributed by atoms with E-state index in [0.717, 1.165) is 6.07 Å². The van der Waals surface area contributed by atoms with Crippen molar-refractivity contribution in [2.24, 2.45) is 0 Å². The fourth-order valence-electron chi connectivity index (χ4n) is 1.37. The van der Waals surface area contributed by atoms with Crippen molar-refractivity contribution in [3.05, 3.63) is 48.2 Å². The lowest BCUT2D eigenvalue weighted by Gasteiger charge is -2.08. The van der Waals surface area contributed by atoms with Crippen LogP contribution < -0.4 is 4.72 Å². The summed E-state index contributed by atoms with van der Waals surface area (Å²) in [4.78, 5) is 9.96. The predicted molar refractivity (Wildman–Crippen MR) is 85.9 cm³/mol. The number of hydrogen-bond acceptors (Lipinski definition) is 5. The van der Waals surface area contributed by atoms with E-state index < -0.39 is 20.6 Å². The Balaban J connectivity index is 2.41. The van der Waals surface area contributed by atoms with Crippen LogP contribution in [0.2, 0.25) is 9.36 Å². The predicted octanol–water partition coefficient (Wildman–Crippen LogP) is 4.53. The van der Waals surface area contributed by atoms with Gasteiger partial charge in [0.2, 0.25) is 0 Å². The molecule has 0 aliphatic rings. The topological polar surface area (TPSA) is 89.3 Å². The molecule has 0 aliphatic carbocycles. The molecule has 0 atom stereocenters. The number of thiophene rings is 1. The van der Waals surface area contributed by atoms with Gasteiger partial charge in [-0.15, -0.1) is 11.3 Å². The van der Waals surface area contributed by atoms with Gasteiger partial charge in [0.25, 0.3) is 15.7 Å². The molecule has 21 heavy (non-hydrogen) atoms. The van der Waals surface area contributed by atoms with Crippen molar-refractivity contribution in [1.29, 1.82) is 0 Å². The Bertz CT molecular complexity index is 822. The SMILES string of the molecule is O=[N+]([O-])c1cc(S(=O)(=O)Nc2cccc(Cl)c2Br)sc1Cl. The highest BCUT2D eigenvalue weighted by Crippen LogP contribution is 2.38. The average Bonchev–Trinajstić information content (AvgIpc) is 2.78. The van der Waals surface area contributed by atoms with Gasteiger partial charge in [0, 0.05) is 6.07 Å². The summed E-state index contributed by atoms with van der Waals surface area (Å²) in [6.45, 7) is 0. The van der Waals surface area contributed by atoms with Gasteiger partial charge in [-0.25, -0.2) is 8.42 Å². The van der Waals surface area contributed by atoms with Gasteiger partial charge in [0.1, 0.15) is 4.21 Å². The van der Waals surface area contributed by atoms with Gasteiger partial charge in [-0.1, -0.05) is 29.3 Å². The van der Waals surface area contributed by atoms with Crippen LogP contribution in [0, 0.1) is 10.1 Å². The summed E-state index contributed by atoms with van der Waals surface area (Å²) >= 11 is 15.3. The quantitative estimate of drug-likeness (QED) is 0.568. The molecule has 0 radical (unpaired) electrons. The molecule has 11 heteroatoms. The summed E-state index contributed by atoms with van der Waals surface area (Å²) in [5.74, 6) is 0. The molecule has 0 amide bonds. The summed E-state index contributed by atoms with van der Waals surface area (Å²) in [7, 11) is -4.00. The van der Waals surface area contributed by atoms with Crippen LogP contribution >= 0.6 is 50.5 Å². The Morgan fingerprint density at radius 2 is 2.00 bits per heavy atom. The van der Waals surface area contributed by atoms with Crippen molar-refractivity contribution < 1.29 is 13.3 Å². The number of benzene rings is 1. The average molecular weight is 432 g/mol. The number of nitrogens with zero attached hydrogens (tertiary/aromatic N) is 1. The number of sulfonamides is 1. The van der Waals surface area contributed by atoms with Crippen LogP contribution in [0.3, 0.4) is 0 Å². The molecule has 2 rings (SSSR count). The molecule has 1 aromatic carbocycles. The molecule has 6 nitrogen and oxygen atoms in total. The first-order valence-corrected chi connectivity index (χ1v) is 8.98. The van der Waals surface area contributed by atoms with Crippen LogP contribution in [0.15, 0.2) is 32.9 Å². The minimum Gasteiger partial charge on any atom is -0.278 e. The lowest BCUT2D eigenvalue weighted by Crippen LogP contribution is -2.11. The van der Waals surface area contributed by atoms with Crippen molar-refractivity contribution in [3.63, 3.8) is 0 Å². The fourth-order valence-corrected chi connectivity index (χ4v) is 4.78. The van der Waals surface area contributed by atoms with Crippen LogP contribution in [0.25, 0.3) is 0 Å². The largest absolute Gasteiger partial charge is 0.300 e. The Morgan fingerprint density at radius 3 is 2.57 bits per heavy atom. The van der Waals surface area contributed by atoms with Crippen molar-refractivity contribution in [3.8, 4) is 0 Å². The monoisotopic (exact) mass is 430 g/mol. The molecule has 1 aromatic heterocycles. The highest BCUT2D eigenvalue weighted by molar-refractivity contribution is 9.10. The number of hydrogen-bond donors (Lipinski definition) is 1. The first-order valence-electron chi connectivity index (χ1n) is 5.13. The first kappa shape index (κ1) is 16.5. The van der Waals surface area contributed by atoms with Gasteiger partial charge in [-0.2, -0.15) is 0 Å².